The Bertz CT molecular complexity index is 859. The van der Waals surface area contributed by atoms with Crippen LogP contribution in [-0.2, 0) is 0 Å². The van der Waals surface area contributed by atoms with Gasteiger partial charge in [-0.05, 0) is 42.3 Å². The Morgan fingerprint density at radius 1 is 1.00 bits per heavy atom. The minimum absolute atomic E-state index is 0.124. The van der Waals surface area contributed by atoms with Gasteiger partial charge in [0.05, 0.1) is 0 Å². The Hall–Kier alpha value is -1.74. The van der Waals surface area contributed by atoms with Gasteiger partial charge in [0.2, 0.25) is 0 Å². The smallest absolute Gasteiger partial charge is 0.0162 e. The lowest BCUT2D eigenvalue weighted by Gasteiger charge is -2.28. The van der Waals surface area contributed by atoms with Gasteiger partial charge in [-0.3, -0.25) is 0 Å². The van der Waals surface area contributed by atoms with Gasteiger partial charge < -0.3 is 0 Å². The fraction of sp³-hybridized carbons (Fsp3) is 0.136. The molecule has 1 heterocycles. The molecule has 1 aliphatic carbocycles. The van der Waals surface area contributed by atoms with Crippen LogP contribution in [0.3, 0.4) is 0 Å². The molecule has 0 N–H and O–H groups in total. The van der Waals surface area contributed by atoms with E-state index in [-0.39, 0.29) is 20.7 Å². The fourth-order valence-corrected chi connectivity index (χ4v) is 5.03. The van der Waals surface area contributed by atoms with Crippen LogP contribution in [0.5, 0.6) is 0 Å². The zero-order valence-electron chi connectivity index (χ0n) is 12.9. The van der Waals surface area contributed by atoms with Crippen molar-refractivity contribution in [2.45, 2.75) is 12.3 Å². The molecule has 0 fully saturated rings. The number of hydrogen-bond donors (Lipinski definition) is 0. The van der Waals surface area contributed by atoms with Crippen molar-refractivity contribution >= 4 is 35.5 Å². The van der Waals surface area contributed by atoms with E-state index in [9.17, 15) is 0 Å². The second-order valence-corrected chi connectivity index (χ2v) is 8.13. The zero-order valence-corrected chi connectivity index (χ0v) is 15.1. The number of rotatable bonds is 3. The molecule has 2 aliphatic rings. The maximum Gasteiger partial charge on any atom is 0.0162 e. The summed E-state index contributed by atoms with van der Waals surface area (Å²) in [6.45, 7) is 0. The summed E-state index contributed by atoms with van der Waals surface area (Å²) < 4.78 is 4.77. The standard InChI is InChI=1S/C22H19I/c1-2-8-18(9-3-1)22(19-13-15-23-16-14-19)21-12-6-10-17-7-4-5-11-20(17)21/h1-8,10-16,18,22H,9H2. The minimum atomic E-state index is 0.124. The summed E-state index contributed by atoms with van der Waals surface area (Å²) in [4.78, 5) is 0. The largest absolute Gasteiger partial charge is 0.0937 e. The molecule has 2 aromatic carbocycles. The molecule has 4 rings (SSSR count). The highest BCUT2D eigenvalue weighted by Gasteiger charge is 2.25. The van der Waals surface area contributed by atoms with Gasteiger partial charge in [-0.15, -0.1) is 0 Å². The molecule has 2 aromatic rings. The van der Waals surface area contributed by atoms with Crippen LogP contribution >= 0.6 is 20.7 Å². The van der Waals surface area contributed by atoms with Crippen LogP contribution in [0.25, 0.3) is 10.8 Å². The lowest BCUT2D eigenvalue weighted by Crippen LogP contribution is -2.14. The Morgan fingerprint density at radius 3 is 2.74 bits per heavy atom. The predicted octanol–water partition coefficient (Wildman–Crippen LogP) is 6.28. The molecule has 0 radical (unpaired) electrons. The average Bonchev–Trinajstić information content (AvgIpc) is 2.64. The lowest BCUT2D eigenvalue weighted by molar-refractivity contribution is 0.575. The number of halogens is 1. The summed E-state index contributed by atoms with van der Waals surface area (Å²) >= 11 is 0.124. The minimum Gasteiger partial charge on any atom is -0.0937 e. The molecule has 2 unspecified atom stereocenters. The Balaban J connectivity index is 1.88. The first kappa shape index (κ1) is 14.8. The maximum atomic E-state index is 2.38. The first-order valence-corrected chi connectivity index (χ1v) is 10.6. The predicted molar refractivity (Wildman–Crippen MR) is 110 cm³/mol. The number of benzene rings is 2. The molecule has 0 saturated carbocycles. The van der Waals surface area contributed by atoms with Gasteiger partial charge in [-0.1, -0.05) is 99.7 Å². The van der Waals surface area contributed by atoms with Crippen molar-refractivity contribution in [3.63, 3.8) is 0 Å². The molecule has 114 valence electrons. The third-order valence-electron chi connectivity index (χ3n) is 4.62. The Kier molecular flexibility index (Phi) is 4.38. The summed E-state index contributed by atoms with van der Waals surface area (Å²) in [7, 11) is 0. The summed E-state index contributed by atoms with van der Waals surface area (Å²) in [5, 5.41) is 2.72. The molecule has 0 bridgehead atoms. The van der Waals surface area contributed by atoms with E-state index in [1.54, 1.807) is 0 Å². The van der Waals surface area contributed by atoms with Crippen molar-refractivity contribution in [3.8, 4) is 0 Å². The fourth-order valence-electron chi connectivity index (χ4n) is 3.55. The van der Waals surface area contributed by atoms with E-state index in [0.717, 1.165) is 6.42 Å². The lowest BCUT2D eigenvalue weighted by atomic mass is 9.76. The third-order valence-corrected chi connectivity index (χ3v) is 6.17. The van der Waals surface area contributed by atoms with E-state index >= 15 is 0 Å². The highest BCUT2D eigenvalue weighted by atomic mass is 127. The molecule has 0 spiro atoms. The van der Waals surface area contributed by atoms with E-state index < -0.39 is 0 Å². The highest BCUT2D eigenvalue weighted by Crippen LogP contribution is 2.40. The molecule has 0 saturated heterocycles. The molecule has 0 nitrogen and oxygen atoms in total. The first-order valence-electron chi connectivity index (χ1n) is 8.06. The molecule has 0 aromatic heterocycles. The monoisotopic (exact) mass is 410 g/mol. The number of fused-ring (bicyclic) bond motifs is 1. The topological polar surface area (TPSA) is 0 Å². The van der Waals surface area contributed by atoms with Crippen LogP contribution in [0.2, 0.25) is 0 Å². The van der Waals surface area contributed by atoms with Crippen LogP contribution in [0.15, 0.2) is 88.6 Å². The second kappa shape index (κ2) is 6.79. The summed E-state index contributed by atoms with van der Waals surface area (Å²) in [6, 6.07) is 15.5. The molecular formula is C22H19I. The van der Waals surface area contributed by atoms with Crippen LogP contribution in [0, 0.1) is 5.92 Å². The van der Waals surface area contributed by atoms with Crippen molar-refractivity contribution in [2.24, 2.45) is 5.92 Å². The summed E-state index contributed by atoms with van der Waals surface area (Å²) in [5.41, 5.74) is 2.91. The number of allylic oxidation sites excluding steroid dienone is 7. The highest BCUT2D eigenvalue weighted by molar-refractivity contribution is 14.2. The van der Waals surface area contributed by atoms with Gasteiger partial charge in [0.1, 0.15) is 0 Å². The van der Waals surface area contributed by atoms with E-state index in [1.807, 2.05) is 0 Å². The Morgan fingerprint density at radius 2 is 1.91 bits per heavy atom. The average molecular weight is 410 g/mol. The van der Waals surface area contributed by atoms with E-state index in [2.05, 4.69) is 87.0 Å². The first-order chi connectivity index (χ1) is 11.4. The molecule has 1 heteroatoms. The molecule has 0 amide bonds. The van der Waals surface area contributed by atoms with Gasteiger partial charge in [-0.2, -0.15) is 0 Å². The molecule has 23 heavy (non-hydrogen) atoms. The molecular weight excluding hydrogens is 391 g/mol. The SMILES string of the molecule is C1=CCC(C(C2=CC=IC=C2)c2cccc3ccccc23)C=C1. The van der Waals surface area contributed by atoms with Gasteiger partial charge in [0.25, 0.3) is 0 Å². The van der Waals surface area contributed by atoms with E-state index in [0.29, 0.717) is 11.8 Å². The van der Waals surface area contributed by atoms with Gasteiger partial charge in [-0.25, -0.2) is 0 Å². The van der Waals surface area contributed by atoms with E-state index in [4.69, 9.17) is 0 Å². The zero-order chi connectivity index (χ0) is 15.5. The van der Waals surface area contributed by atoms with Crippen molar-refractivity contribution < 1.29 is 0 Å². The molecule has 1 aliphatic heterocycles. The van der Waals surface area contributed by atoms with Crippen molar-refractivity contribution in [3.05, 3.63) is 94.1 Å². The van der Waals surface area contributed by atoms with Crippen LogP contribution < -0.4 is 0 Å². The van der Waals surface area contributed by atoms with Crippen molar-refractivity contribution in [1.29, 1.82) is 0 Å². The summed E-state index contributed by atoms with van der Waals surface area (Å²) in [5.74, 6) is 0.963. The second-order valence-electron chi connectivity index (χ2n) is 5.97. The normalized spacial score (nSPS) is 21.0. The van der Waals surface area contributed by atoms with Crippen LogP contribution in [-0.4, -0.2) is 4.01 Å². The van der Waals surface area contributed by atoms with Gasteiger partial charge in [0.15, 0.2) is 0 Å². The number of hydrogen-bond acceptors (Lipinski definition) is 0. The summed E-state index contributed by atoms with van der Waals surface area (Å²) in [6.07, 6.45) is 14.9. The van der Waals surface area contributed by atoms with Crippen LogP contribution in [0.1, 0.15) is 17.9 Å². The van der Waals surface area contributed by atoms with Gasteiger partial charge >= 0.3 is 0 Å². The van der Waals surface area contributed by atoms with Crippen molar-refractivity contribution in [1.82, 2.24) is 0 Å². The third kappa shape index (κ3) is 3.02. The van der Waals surface area contributed by atoms with E-state index in [1.165, 1.54) is 21.9 Å². The molecule has 2 atom stereocenters. The van der Waals surface area contributed by atoms with Gasteiger partial charge in [0, 0.05) is 5.92 Å². The van der Waals surface area contributed by atoms with Crippen molar-refractivity contribution in [2.75, 3.05) is 0 Å². The Labute approximate surface area is 147 Å². The van der Waals surface area contributed by atoms with Crippen LogP contribution in [0.4, 0.5) is 0 Å². The quantitative estimate of drug-likeness (QED) is 0.523. The maximum absolute atomic E-state index is 2.38.